The number of ether oxygens (including phenoxy) is 1. The van der Waals surface area contributed by atoms with E-state index >= 15 is 0 Å². The maximum atomic E-state index is 11.4. The molecule has 0 aliphatic rings. The fourth-order valence-corrected chi connectivity index (χ4v) is 1.25. The van der Waals surface area contributed by atoms with Gasteiger partial charge in [-0.2, -0.15) is 0 Å². The van der Waals surface area contributed by atoms with Crippen molar-refractivity contribution in [2.24, 2.45) is 0 Å². The molecule has 0 radical (unpaired) electrons. The highest BCUT2D eigenvalue weighted by Crippen LogP contribution is 1.97. The van der Waals surface area contributed by atoms with Crippen LogP contribution in [0.5, 0.6) is 0 Å². The molecule has 0 heterocycles. The van der Waals surface area contributed by atoms with Crippen molar-refractivity contribution in [3.05, 3.63) is 0 Å². The Morgan fingerprint density at radius 3 is 2.13 bits per heavy atom. The van der Waals surface area contributed by atoms with Crippen LogP contribution in [0.3, 0.4) is 0 Å². The van der Waals surface area contributed by atoms with Crippen LogP contribution in [0.15, 0.2) is 0 Å². The van der Waals surface area contributed by atoms with E-state index in [1.807, 2.05) is 18.7 Å². The van der Waals surface area contributed by atoms with Gasteiger partial charge in [-0.1, -0.05) is 13.8 Å². The van der Waals surface area contributed by atoms with Crippen molar-refractivity contribution in [2.75, 3.05) is 26.2 Å². The molecule has 0 unspecified atom stereocenters. The lowest BCUT2D eigenvalue weighted by Crippen LogP contribution is -2.29. The van der Waals surface area contributed by atoms with Crippen LogP contribution >= 0.6 is 0 Å². The average Bonchev–Trinajstić information content (AvgIpc) is 2.23. The summed E-state index contributed by atoms with van der Waals surface area (Å²) in [5, 5.41) is 0. The van der Waals surface area contributed by atoms with Gasteiger partial charge in [0.25, 0.3) is 0 Å². The molecular weight excluding hydrogens is 194 g/mol. The molecular formula is C11H21NO3. The molecule has 15 heavy (non-hydrogen) atoms. The van der Waals surface area contributed by atoms with Crippen molar-refractivity contribution in [3.63, 3.8) is 0 Å². The van der Waals surface area contributed by atoms with Crippen LogP contribution in [0.25, 0.3) is 0 Å². The lowest BCUT2D eigenvalue weighted by Gasteiger charge is -2.16. The smallest absolute Gasteiger partial charge is 0.306 e. The van der Waals surface area contributed by atoms with Crippen LogP contribution in [-0.4, -0.2) is 42.9 Å². The van der Waals surface area contributed by atoms with Crippen LogP contribution in [0.2, 0.25) is 0 Å². The van der Waals surface area contributed by atoms with E-state index in [4.69, 9.17) is 4.74 Å². The minimum atomic E-state index is -0.287. The van der Waals surface area contributed by atoms with Crippen LogP contribution in [0.4, 0.5) is 0 Å². The number of carbonyl (C=O) groups is 2. The predicted octanol–water partition coefficient (Wildman–Crippen LogP) is 1.24. The Hall–Kier alpha value is -0.900. The largest absolute Gasteiger partial charge is 0.466 e. The Balaban J connectivity index is 3.69. The molecule has 0 amide bonds. The Labute approximate surface area is 91.6 Å². The monoisotopic (exact) mass is 215 g/mol. The summed E-state index contributed by atoms with van der Waals surface area (Å²) >= 11 is 0. The van der Waals surface area contributed by atoms with E-state index in [9.17, 15) is 9.59 Å². The molecule has 0 fully saturated rings. The SMILES string of the molecule is CCOC(=O)CCC(=O)CN(CC)CC. The maximum absolute atomic E-state index is 11.4. The summed E-state index contributed by atoms with van der Waals surface area (Å²) in [7, 11) is 0. The van der Waals surface area contributed by atoms with E-state index in [0.717, 1.165) is 13.1 Å². The second-order valence-corrected chi connectivity index (χ2v) is 3.31. The van der Waals surface area contributed by atoms with Crippen LogP contribution in [0.1, 0.15) is 33.6 Å². The van der Waals surface area contributed by atoms with E-state index in [2.05, 4.69) is 0 Å². The molecule has 0 aromatic rings. The number of likely N-dealkylation sites (N-methyl/N-ethyl adjacent to an activating group) is 1. The van der Waals surface area contributed by atoms with Crippen molar-refractivity contribution < 1.29 is 14.3 Å². The van der Waals surface area contributed by atoms with Crippen LogP contribution < -0.4 is 0 Å². The molecule has 0 saturated carbocycles. The molecule has 4 heteroatoms. The number of hydrogen-bond donors (Lipinski definition) is 0. The first-order valence-corrected chi connectivity index (χ1v) is 5.53. The summed E-state index contributed by atoms with van der Waals surface area (Å²) in [6.45, 7) is 8.33. The minimum Gasteiger partial charge on any atom is -0.466 e. The van der Waals surface area contributed by atoms with Gasteiger partial charge in [0, 0.05) is 6.42 Å². The number of Topliss-reactive ketones (excluding diaryl/α,β-unsaturated/α-hetero) is 1. The third kappa shape index (κ3) is 7.08. The fourth-order valence-electron chi connectivity index (χ4n) is 1.25. The highest BCUT2D eigenvalue weighted by Gasteiger charge is 2.10. The summed E-state index contributed by atoms with van der Waals surface area (Å²) < 4.78 is 4.75. The number of ketones is 1. The topological polar surface area (TPSA) is 46.6 Å². The van der Waals surface area contributed by atoms with Gasteiger partial charge in [-0.15, -0.1) is 0 Å². The van der Waals surface area contributed by atoms with Gasteiger partial charge < -0.3 is 4.74 Å². The molecule has 0 spiro atoms. The Morgan fingerprint density at radius 1 is 1.07 bits per heavy atom. The zero-order chi connectivity index (χ0) is 11.7. The Kier molecular flexibility index (Phi) is 7.91. The molecule has 0 aliphatic heterocycles. The highest BCUT2D eigenvalue weighted by atomic mass is 16.5. The van der Waals surface area contributed by atoms with Crippen molar-refractivity contribution in [3.8, 4) is 0 Å². The maximum Gasteiger partial charge on any atom is 0.306 e. The summed E-state index contributed by atoms with van der Waals surface area (Å²) in [4.78, 5) is 24.5. The van der Waals surface area contributed by atoms with Gasteiger partial charge in [-0.05, 0) is 20.0 Å². The van der Waals surface area contributed by atoms with Crippen molar-refractivity contribution in [2.45, 2.75) is 33.6 Å². The molecule has 0 saturated heterocycles. The molecule has 0 N–H and O–H groups in total. The van der Waals surface area contributed by atoms with Crippen molar-refractivity contribution >= 4 is 11.8 Å². The molecule has 0 rings (SSSR count). The zero-order valence-corrected chi connectivity index (χ0v) is 9.91. The van der Waals surface area contributed by atoms with E-state index < -0.39 is 0 Å². The van der Waals surface area contributed by atoms with Gasteiger partial charge in [-0.3, -0.25) is 14.5 Å². The first-order chi connectivity index (χ1) is 7.13. The molecule has 0 aromatic heterocycles. The van der Waals surface area contributed by atoms with Crippen LogP contribution in [0, 0.1) is 0 Å². The minimum absolute atomic E-state index is 0.103. The lowest BCUT2D eigenvalue weighted by atomic mass is 10.2. The summed E-state index contributed by atoms with van der Waals surface area (Å²) in [5.41, 5.74) is 0. The molecule has 0 aromatic carbocycles. The average molecular weight is 215 g/mol. The number of esters is 1. The van der Waals surface area contributed by atoms with Crippen molar-refractivity contribution in [1.82, 2.24) is 4.90 Å². The van der Waals surface area contributed by atoms with Gasteiger partial charge in [0.1, 0.15) is 5.78 Å². The molecule has 0 bridgehead atoms. The van der Waals surface area contributed by atoms with E-state index in [-0.39, 0.29) is 24.6 Å². The number of rotatable bonds is 8. The molecule has 88 valence electrons. The van der Waals surface area contributed by atoms with Crippen LogP contribution in [-0.2, 0) is 14.3 Å². The molecule has 0 atom stereocenters. The zero-order valence-electron chi connectivity index (χ0n) is 9.91. The highest BCUT2D eigenvalue weighted by molar-refractivity contribution is 5.84. The number of hydrogen-bond acceptors (Lipinski definition) is 4. The summed E-state index contributed by atoms with van der Waals surface area (Å²) in [6.07, 6.45) is 0.489. The van der Waals surface area contributed by atoms with Gasteiger partial charge >= 0.3 is 5.97 Å². The van der Waals surface area contributed by atoms with Gasteiger partial charge in [0.05, 0.1) is 19.6 Å². The van der Waals surface area contributed by atoms with E-state index in [1.165, 1.54) is 0 Å². The van der Waals surface area contributed by atoms with E-state index in [0.29, 0.717) is 13.2 Å². The standard InChI is InChI=1S/C11H21NO3/c1-4-12(5-2)9-10(13)7-8-11(14)15-6-3/h4-9H2,1-3H3. The number of nitrogens with zero attached hydrogens (tertiary/aromatic N) is 1. The molecule has 0 aliphatic carbocycles. The second-order valence-electron chi connectivity index (χ2n) is 3.31. The third-order valence-electron chi connectivity index (χ3n) is 2.21. The second kappa shape index (κ2) is 8.41. The fraction of sp³-hybridized carbons (Fsp3) is 0.818. The summed E-state index contributed by atoms with van der Waals surface area (Å²) in [6, 6.07) is 0. The van der Waals surface area contributed by atoms with Gasteiger partial charge in [-0.25, -0.2) is 0 Å². The Bertz CT molecular complexity index is 200. The summed E-state index contributed by atoms with van der Waals surface area (Å²) in [5.74, 6) is -0.183. The van der Waals surface area contributed by atoms with Gasteiger partial charge in [0.2, 0.25) is 0 Å². The third-order valence-corrected chi connectivity index (χ3v) is 2.21. The predicted molar refractivity (Wildman–Crippen MR) is 58.7 cm³/mol. The quantitative estimate of drug-likeness (QED) is 0.571. The number of carbonyl (C=O) groups excluding carboxylic acids is 2. The first kappa shape index (κ1) is 14.1. The lowest BCUT2D eigenvalue weighted by molar-refractivity contribution is -0.144. The Morgan fingerprint density at radius 2 is 1.67 bits per heavy atom. The van der Waals surface area contributed by atoms with E-state index in [1.54, 1.807) is 6.92 Å². The molecule has 4 nitrogen and oxygen atoms in total. The van der Waals surface area contributed by atoms with Gasteiger partial charge in [0.15, 0.2) is 0 Å². The van der Waals surface area contributed by atoms with Crippen molar-refractivity contribution in [1.29, 1.82) is 0 Å². The first-order valence-electron chi connectivity index (χ1n) is 5.53. The normalized spacial score (nSPS) is 10.4.